The molecule has 1 heterocycles. The summed E-state index contributed by atoms with van der Waals surface area (Å²) in [5.74, 6) is -1.36. The number of hydrogen-bond acceptors (Lipinski definition) is 4. The molecule has 3 rings (SSSR count). The summed E-state index contributed by atoms with van der Waals surface area (Å²) in [6, 6.07) is 12.6. The van der Waals surface area contributed by atoms with Gasteiger partial charge in [0.2, 0.25) is 21.8 Å². The summed E-state index contributed by atoms with van der Waals surface area (Å²) >= 11 is 6.07. The predicted molar refractivity (Wildman–Crippen MR) is 89.1 cm³/mol. The summed E-state index contributed by atoms with van der Waals surface area (Å²) in [6.45, 7) is 0. The van der Waals surface area contributed by atoms with Crippen molar-refractivity contribution in [2.75, 3.05) is 4.90 Å². The van der Waals surface area contributed by atoms with Crippen LogP contribution in [-0.4, -0.2) is 20.2 Å². The van der Waals surface area contributed by atoms with Crippen LogP contribution in [0.5, 0.6) is 0 Å². The van der Waals surface area contributed by atoms with Crippen molar-refractivity contribution in [3.63, 3.8) is 0 Å². The van der Waals surface area contributed by atoms with Crippen molar-refractivity contribution in [1.82, 2.24) is 0 Å². The highest BCUT2D eigenvalue weighted by Gasteiger charge is 2.41. The number of nitrogens with zero attached hydrogens (tertiary/aromatic N) is 1. The molecule has 1 atom stereocenters. The summed E-state index contributed by atoms with van der Waals surface area (Å²) < 4.78 is 22.7. The predicted octanol–water partition coefficient (Wildman–Crippen LogP) is 2.03. The van der Waals surface area contributed by atoms with E-state index in [-0.39, 0.29) is 27.9 Å². The van der Waals surface area contributed by atoms with Crippen molar-refractivity contribution < 1.29 is 18.0 Å². The first kappa shape index (κ1) is 16.6. The maximum absolute atomic E-state index is 12.7. The smallest absolute Gasteiger partial charge is 0.241 e. The van der Waals surface area contributed by atoms with E-state index in [4.69, 9.17) is 16.7 Å². The van der Waals surface area contributed by atoms with Crippen LogP contribution in [0.15, 0.2) is 53.4 Å². The second-order valence-corrected chi connectivity index (χ2v) is 7.36. The van der Waals surface area contributed by atoms with Crippen LogP contribution in [-0.2, 0) is 19.6 Å². The number of carbonyl (C=O) groups excluding carboxylic acids is 2. The molecule has 8 heteroatoms. The summed E-state index contributed by atoms with van der Waals surface area (Å²) in [4.78, 5) is 25.8. The van der Waals surface area contributed by atoms with Gasteiger partial charge in [-0.2, -0.15) is 0 Å². The van der Waals surface area contributed by atoms with Crippen LogP contribution in [0.3, 0.4) is 0 Å². The van der Waals surface area contributed by atoms with Crippen molar-refractivity contribution >= 4 is 39.1 Å². The minimum Gasteiger partial charge on any atom is -0.274 e. The van der Waals surface area contributed by atoms with E-state index >= 15 is 0 Å². The van der Waals surface area contributed by atoms with E-state index in [1.54, 1.807) is 24.3 Å². The zero-order chi connectivity index (χ0) is 17.5. The molecule has 24 heavy (non-hydrogen) atoms. The van der Waals surface area contributed by atoms with Crippen molar-refractivity contribution in [3.8, 4) is 0 Å². The van der Waals surface area contributed by atoms with Crippen molar-refractivity contribution in [2.24, 2.45) is 5.14 Å². The van der Waals surface area contributed by atoms with Gasteiger partial charge in [0.1, 0.15) is 0 Å². The van der Waals surface area contributed by atoms with Crippen LogP contribution in [0.25, 0.3) is 0 Å². The second kappa shape index (κ2) is 6.01. The number of halogens is 1. The van der Waals surface area contributed by atoms with Crippen molar-refractivity contribution in [3.05, 3.63) is 59.1 Å². The van der Waals surface area contributed by atoms with E-state index < -0.39 is 21.8 Å². The molecule has 0 radical (unpaired) electrons. The van der Waals surface area contributed by atoms with E-state index in [1.165, 1.54) is 12.1 Å². The zero-order valence-corrected chi connectivity index (χ0v) is 13.9. The Labute approximate surface area is 143 Å². The zero-order valence-electron chi connectivity index (χ0n) is 12.3. The standard InChI is InChI=1S/C16H13ClN2O4S/c17-13-8-11(24(18,22)23)6-7-14(13)19-15(20)9-12(16(19)21)10-4-2-1-3-5-10/h1-8,12H,9H2,(H2,18,22,23). The van der Waals surface area contributed by atoms with Crippen molar-refractivity contribution in [1.29, 1.82) is 0 Å². The number of sulfonamides is 1. The van der Waals surface area contributed by atoms with Crippen LogP contribution in [0.2, 0.25) is 5.02 Å². The molecule has 124 valence electrons. The molecule has 2 aromatic rings. The average molecular weight is 365 g/mol. The molecule has 0 bridgehead atoms. The summed E-state index contributed by atoms with van der Waals surface area (Å²) in [5.41, 5.74) is 0.896. The lowest BCUT2D eigenvalue weighted by Crippen LogP contribution is -2.30. The lowest BCUT2D eigenvalue weighted by molar-refractivity contribution is -0.121. The largest absolute Gasteiger partial charge is 0.274 e. The maximum Gasteiger partial charge on any atom is 0.241 e. The molecule has 2 aromatic carbocycles. The minimum absolute atomic E-state index is 0.0306. The van der Waals surface area contributed by atoms with Gasteiger partial charge in [0.25, 0.3) is 0 Å². The van der Waals surface area contributed by atoms with Gasteiger partial charge >= 0.3 is 0 Å². The molecular formula is C16H13ClN2O4S. The quantitative estimate of drug-likeness (QED) is 0.842. The van der Waals surface area contributed by atoms with E-state index in [0.29, 0.717) is 0 Å². The lowest BCUT2D eigenvalue weighted by atomic mass is 9.98. The third kappa shape index (κ3) is 2.93. The summed E-state index contributed by atoms with van der Waals surface area (Å²) in [6.07, 6.45) is 0.0378. The first-order valence-corrected chi connectivity index (χ1v) is 8.95. The van der Waals surface area contributed by atoms with Gasteiger partial charge in [0.05, 0.1) is 21.5 Å². The fraction of sp³-hybridized carbons (Fsp3) is 0.125. The van der Waals surface area contributed by atoms with E-state index in [9.17, 15) is 18.0 Å². The van der Waals surface area contributed by atoms with Gasteiger partial charge in [0.15, 0.2) is 0 Å². The number of anilines is 1. The number of nitrogens with two attached hydrogens (primary N) is 1. The summed E-state index contributed by atoms with van der Waals surface area (Å²) in [7, 11) is -3.92. The Morgan fingerprint density at radius 1 is 1.08 bits per heavy atom. The van der Waals surface area contributed by atoms with Gasteiger partial charge in [0, 0.05) is 6.42 Å². The molecule has 1 unspecified atom stereocenters. The molecule has 1 saturated heterocycles. The topological polar surface area (TPSA) is 97.5 Å². The molecular weight excluding hydrogens is 352 g/mol. The highest BCUT2D eigenvalue weighted by molar-refractivity contribution is 7.89. The Kier molecular flexibility index (Phi) is 4.16. The molecule has 6 nitrogen and oxygen atoms in total. The van der Waals surface area contributed by atoms with Crippen LogP contribution < -0.4 is 10.0 Å². The molecule has 1 aliphatic heterocycles. The highest BCUT2D eigenvalue weighted by Crippen LogP contribution is 2.37. The van der Waals surface area contributed by atoms with E-state index in [0.717, 1.165) is 16.5 Å². The van der Waals surface area contributed by atoms with Gasteiger partial charge in [-0.1, -0.05) is 41.9 Å². The molecule has 2 N–H and O–H groups in total. The number of amides is 2. The Morgan fingerprint density at radius 3 is 2.33 bits per heavy atom. The third-order valence-corrected chi connectivity index (χ3v) is 5.05. The molecule has 1 fully saturated rings. The molecule has 0 aromatic heterocycles. The van der Waals surface area contributed by atoms with E-state index in [2.05, 4.69) is 0 Å². The number of rotatable bonds is 3. The van der Waals surface area contributed by atoms with Gasteiger partial charge < -0.3 is 0 Å². The number of carbonyl (C=O) groups is 2. The van der Waals surface area contributed by atoms with Crippen LogP contribution in [0, 0.1) is 0 Å². The highest BCUT2D eigenvalue weighted by atomic mass is 35.5. The molecule has 2 amide bonds. The first-order chi connectivity index (χ1) is 11.3. The van der Waals surface area contributed by atoms with Crippen molar-refractivity contribution in [2.45, 2.75) is 17.2 Å². The Balaban J connectivity index is 1.98. The Hall–Kier alpha value is -2.22. The molecule has 0 spiro atoms. The van der Waals surface area contributed by atoms with Gasteiger partial charge in [-0.3, -0.25) is 9.59 Å². The summed E-state index contributed by atoms with van der Waals surface area (Å²) in [5, 5.41) is 5.02. The minimum atomic E-state index is -3.92. The number of primary sulfonamides is 1. The van der Waals surface area contributed by atoms with Crippen LogP contribution >= 0.6 is 11.6 Å². The Bertz CT molecular complexity index is 928. The third-order valence-electron chi connectivity index (χ3n) is 3.84. The van der Waals surface area contributed by atoms with Crippen LogP contribution in [0.1, 0.15) is 17.9 Å². The van der Waals surface area contributed by atoms with Gasteiger partial charge in [-0.15, -0.1) is 0 Å². The molecule has 0 aliphatic carbocycles. The number of imide groups is 1. The first-order valence-electron chi connectivity index (χ1n) is 7.03. The molecule has 1 aliphatic rings. The average Bonchev–Trinajstić information content (AvgIpc) is 2.82. The monoisotopic (exact) mass is 364 g/mol. The lowest BCUT2D eigenvalue weighted by Gasteiger charge is -2.17. The Morgan fingerprint density at radius 2 is 1.75 bits per heavy atom. The second-order valence-electron chi connectivity index (χ2n) is 5.39. The van der Waals surface area contributed by atoms with Gasteiger partial charge in [-0.25, -0.2) is 18.5 Å². The normalized spacial score (nSPS) is 18.2. The molecule has 0 saturated carbocycles. The number of benzene rings is 2. The fourth-order valence-electron chi connectivity index (χ4n) is 2.68. The number of hydrogen-bond donors (Lipinski definition) is 1. The maximum atomic E-state index is 12.7. The van der Waals surface area contributed by atoms with Crippen LogP contribution in [0.4, 0.5) is 5.69 Å². The SMILES string of the molecule is NS(=O)(=O)c1ccc(N2C(=O)CC(c3ccccc3)C2=O)c(Cl)c1. The van der Waals surface area contributed by atoms with E-state index in [1.807, 2.05) is 6.07 Å². The van der Waals surface area contributed by atoms with Gasteiger partial charge in [-0.05, 0) is 23.8 Å². The fourth-order valence-corrected chi connectivity index (χ4v) is 3.55.